The van der Waals surface area contributed by atoms with Crippen LogP contribution in [0, 0.1) is 11.6 Å². The fourth-order valence-electron chi connectivity index (χ4n) is 1.35. The Morgan fingerprint density at radius 3 is 2.76 bits per heavy atom. The number of nitrogens with one attached hydrogen (secondary N) is 1. The second kappa shape index (κ2) is 4.32. The highest BCUT2D eigenvalue weighted by atomic mass is 19.1. The molecule has 6 heteroatoms. The van der Waals surface area contributed by atoms with Gasteiger partial charge in [-0.3, -0.25) is 4.79 Å². The number of amides is 1. The minimum absolute atomic E-state index is 0.0839. The van der Waals surface area contributed by atoms with Gasteiger partial charge in [-0.15, -0.1) is 0 Å². The Bertz CT molecular complexity index is 566. The highest BCUT2D eigenvalue weighted by Gasteiger charge is 2.13. The summed E-state index contributed by atoms with van der Waals surface area (Å²) in [5.74, 6) is -1.93. The number of aryl methyl sites for hydroxylation is 1. The number of aromatic nitrogens is 2. The van der Waals surface area contributed by atoms with Crippen LogP contribution in [0.4, 0.5) is 14.5 Å². The second-order valence-corrected chi connectivity index (χ2v) is 3.44. The van der Waals surface area contributed by atoms with Crippen LogP contribution >= 0.6 is 0 Å². The van der Waals surface area contributed by atoms with Crippen LogP contribution < -0.4 is 5.32 Å². The van der Waals surface area contributed by atoms with E-state index in [1.54, 1.807) is 13.2 Å². The molecule has 1 aromatic heterocycles. The monoisotopic (exact) mass is 237 g/mol. The number of rotatable bonds is 2. The van der Waals surface area contributed by atoms with Crippen LogP contribution in [0.1, 0.15) is 10.6 Å². The number of benzene rings is 1. The van der Waals surface area contributed by atoms with Crippen molar-refractivity contribution in [1.29, 1.82) is 0 Å². The van der Waals surface area contributed by atoms with Crippen molar-refractivity contribution >= 4 is 11.6 Å². The third-order valence-corrected chi connectivity index (χ3v) is 2.20. The Labute approximate surface area is 95.9 Å². The van der Waals surface area contributed by atoms with E-state index in [2.05, 4.69) is 10.3 Å². The summed E-state index contributed by atoms with van der Waals surface area (Å²) in [5.41, 5.74) is -0.0839. The molecule has 17 heavy (non-hydrogen) atoms. The molecule has 0 radical (unpaired) electrons. The van der Waals surface area contributed by atoms with E-state index in [-0.39, 0.29) is 11.5 Å². The van der Waals surface area contributed by atoms with Gasteiger partial charge in [-0.25, -0.2) is 13.8 Å². The van der Waals surface area contributed by atoms with Crippen LogP contribution in [0.3, 0.4) is 0 Å². The van der Waals surface area contributed by atoms with Crippen molar-refractivity contribution in [3.05, 3.63) is 48.1 Å². The molecule has 0 aliphatic rings. The van der Waals surface area contributed by atoms with E-state index in [1.807, 2.05) is 0 Å². The van der Waals surface area contributed by atoms with Crippen LogP contribution in [0.2, 0.25) is 0 Å². The second-order valence-electron chi connectivity index (χ2n) is 3.44. The fourth-order valence-corrected chi connectivity index (χ4v) is 1.35. The van der Waals surface area contributed by atoms with Crippen molar-refractivity contribution < 1.29 is 13.6 Å². The maximum Gasteiger partial charge on any atom is 0.291 e. The molecule has 0 fully saturated rings. The predicted octanol–water partition coefficient (Wildman–Crippen LogP) is 1.95. The van der Waals surface area contributed by atoms with Crippen molar-refractivity contribution in [2.45, 2.75) is 0 Å². The summed E-state index contributed by atoms with van der Waals surface area (Å²) in [6.45, 7) is 0. The molecule has 0 bridgehead atoms. The van der Waals surface area contributed by atoms with Crippen molar-refractivity contribution in [2.24, 2.45) is 7.05 Å². The van der Waals surface area contributed by atoms with Gasteiger partial charge in [0.15, 0.2) is 5.82 Å². The summed E-state index contributed by atoms with van der Waals surface area (Å²) in [7, 11) is 1.64. The highest BCUT2D eigenvalue weighted by Crippen LogP contribution is 2.15. The Kier molecular flexibility index (Phi) is 2.86. The first-order valence-corrected chi connectivity index (χ1v) is 4.81. The van der Waals surface area contributed by atoms with E-state index >= 15 is 0 Å². The van der Waals surface area contributed by atoms with Crippen LogP contribution in [0.25, 0.3) is 0 Å². The largest absolute Gasteiger partial charge is 0.330 e. The molecule has 0 aliphatic carbocycles. The Morgan fingerprint density at radius 2 is 2.18 bits per heavy atom. The van der Waals surface area contributed by atoms with Gasteiger partial charge in [0.1, 0.15) is 11.6 Å². The zero-order valence-electron chi connectivity index (χ0n) is 8.95. The van der Waals surface area contributed by atoms with Gasteiger partial charge in [-0.05, 0) is 12.1 Å². The maximum atomic E-state index is 13.3. The smallest absolute Gasteiger partial charge is 0.291 e. The molecule has 4 nitrogen and oxygen atoms in total. The van der Waals surface area contributed by atoms with Crippen molar-refractivity contribution in [2.75, 3.05) is 5.32 Å². The lowest BCUT2D eigenvalue weighted by Gasteiger charge is -2.06. The van der Waals surface area contributed by atoms with Gasteiger partial charge in [0.2, 0.25) is 0 Å². The van der Waals surface area contributed by atoms with E-state index in [0.717, 1.165) is 12.1 Å². The fraction of sp³-hybridized carbons (Fsp3) is 0.0909. The quantitative estimate of drug-likeness (QED) is 0.867. The zero-order chi connectivity index (χ0) is 12.4. The molecule has 0 atom stereocenters. The SMILES string of the molecule is Cn1ccnc1C(=O)Nc1ccc(F)cc1F. The molecule has 2 aromatic rings. The lowest BCUT2D eigenvalue weighted by molar-refractivity contribution is 0.101. The molecule has 2 rings (SSSR count). The molecule has 0 unspecified atom stereocenters. The summed E-state index contributed by atoms with van der Waals surface area (Å²) in [6, 6.07) is 2.93. The van der Waals surface area contributed by atoms with Crippen LogP contribution in [0.5, 0.6) is 0 Å². The minimum Gasteiger partial charge on any atom is -0.330 e. The lowest BCUT2D eigenvalue weighted by atomic mass is 10.3. The number of halogens is 2. The Morgan fingerprint density at radius 1 is 1.41 bits per heavy atom. The molecule has 0 saturated heterocycles. The average molecular weight is 237 g/mol. The minimum atomic E-state index is -0.826. The van der Waals surface area contributed by atoms with Gasteiger partial charge in [-0.2, -0.15) is 0 Å². The van der Waals surface area contributed by atoms with E-state index in [4.69, 9.17) is 0 Å². The van der Waals surface area contributed by atoms with Crippen molar-refractivity contribution in [1.82, 2.24) is 9.55 Å². The van der Waals surface area contributed by atoms with Crippen LogP contribution in [-0.4, -0.2) is 15.5 Å². The number of nitrogens with zero attached hydrogens (tertiary/aromatic N) is 2. The third kappa shape index (κ3) is 2.30. The number of imidazole rings is 1. The maximum absolute atomic E-state index is 13.3. The highest BCUT2D eigenvalue weighted by molar-refractivity contribution is 6.01. The first kappa shape index (κ1) is 11.3. The summed E-state index contributed by atoms with van der Waals surface area (Å²) in [5, 5.41) is 2.32. The molecule has 88 valence electrons. The molecule has 1 N–H and O–H groups in total. The predicted molar refractivity (Wildman–Crippen MR) is 57.5 cm³/mol. The first-order valence-electron chi connectivity index (χ1n) is 4.81. The van der Waals surface area contributed by atoms with Gasteiger partial charge < -0.3 is 9.88 Å². The Balaban J connectivity index is 2.22. The van der Waals surface area contributed by atoms with E-state index in [1.165, 1.54) is 10.8 Å². The number of hydrogen-bond acceptors (Lipinski definition) is 2. The average Bonchev–Trinajstić information content (AvgIpc) is 2.68. The normalized spacial score (nSPS) is 10.3. The number of anilines is 1. The summed E-state index contributed by atoms with van der Waals surface area (Å²) in [6.07, 6.45) is 3.05. The standard InChI is InChI=1S/C11H9F2N3O/c1-16-5-4-14-10(16)11(17)15-9-3-2-7(12)6-8(9)13/h2-6H,1H3,(H,15,17). The molecular weight excluding hydrogens is 228 g/mol. The summed E-state index contributed by atoms with van der Waals surface area (Å²) < 4.78 is 27.4. The number of hydrogen-bond donors (Lipinski definition) is 1. The van der Waals surface area contributed by atoms with Gasteiger partial charge in [0.05, 0.1) is 5.69 Å². The third-order valence-electron chi connectivity index (χ3n) is 2.20. The first-order chi connectivity index (χ1) is 8.08. The van der Waals surface area contributed by atoms with Gasteiger partial charge in [0.25, 0.3) is 5.91 Å². The molecule has 1 heterocycles. The van der Waals surface area contributed by atoms with Gasteiger partial charge >= 0.3 is 0 Å². The lowest BCUT2D eigenvalue weighted by Crippen LogP contribution is -2.17. The topological polar surface area (TPSA) is 46.9 Å². The van der Waals surface area contributed by atoms with E-state index < -0.39 is 17.5 Å². The van der Waals surface area contributed by atoms with Gasteiger partial charge in [0, 0.05) is 25.5 Å². The molecular formula is C11H9F2N3O. The van der Waals surface area contributed by atoms with E-state index in [0.29, 0.717) is 6.07 Å². The zero-order valence-corrected chi connectivity index (χ0v) is 8.95. The summed E-state index contributed by atoms with van der Waals surface area (Å²) >= 11 is 0. The molecule has 1 aromatic carbocycles. The molecule has 0 spiro atoms. The summed E-state index contributed by atoms with van der Waals surface area (Å²) in [4.78, 5) is 15.5. The number of carbonyl (C=O) groups excluding carboxylic acids is 1. The van der Waals surface area contributed by atoms with E-state index in [9.17, 15) is 13.6 Å². The van der Waals surface area contributed by atoms with Crippen molar-refractivity contribution in [3.63, 3.8) is 0 Å². The molecule has 0 saturated carbocycles. The van der Waals surface area contributed by atoms with Crippen LogP contribution in [0.15, 0.2) is 30.6 Å². The molecule has 0 aliphatic heterocycles. The molecule has 1 amide bonds. The van der Waals surface area contributed by atoms with Gasteiger partial charge in [-0.1, -0.05) is 0 Å². The number of carbonyl (C=O) groups is 1. The van der Waals surface area contributed by atoms with Crippen LogP contribution in [-0.2, 0) is 7.05 Å². The van der Waals surface area contributed by atoms with Crippen molar-refractivity contribution in [3.8, 4) is 0 Å². The Hall–Kier alpha value is -2.24.